The Morgan fingerprint density at radius 2 is 1.81 bits per heavy atom. The third-order valence-corrected chi connectivity index (χ3v) is 4.37. The fourth-order valence-corrected chi connectivity index (χ4v) is 3.14. The number of nitrogens with one attached hydrogen (secondary N) is 1. The number of para-hydroxylation sites is 1. The molecule has 4 aromatic rings. The summed E-state index contributed by atoms with van der Waals surface area (Å²) >= 11 is 0. The maximum atomic E-state index is 12.8. The topological polar surface area (TPSA) is 60.1 Å². The zero-order valence-electron chi connectivity index (χ0n) is 14.6. The van der Waals surface area contributed by atoms with Crippen molar-refractivity contribution in [3.05, 3.63) is 89.4 Å². The van der Waals surface area contributed by atoms with Crippen molar-refractivity contribution in [3.63, 3.8) is 0 Å². The predicted octanol–water partition coefficient (Wildman–Crippen LogP) is 3.99. The zero-order chi connectivity index (χ0) is 18.1. The molecular formula is C21H19N3O2. The molecule has 1 atom stereocenters. The smallest absolute Gasteiger partial charge is 0.270 e. The maximum Gasteiger partial charge on any atom is 0.270 e. The van der Waals surface area contributed by atoms with Crippen molar-refractivity contribution in [1.82, 2.24) is 15.1 Å². The monoisotopic (exact) mass is 345 g/mol. The first kappa shape index (κ1) is 16.1. The highest BCUT2D eigenvalue weighted by Gasteiger charge is 2.23. The minimum atomic E-state index is -0.383. The van der Waals surface area contributed by atoms with Crippen LogP contribution in [0.25, 0.3) is 11.0 Å². The second-order valence-electron chi connectivity index (χ2n) is 6.30. The van der Waals surface area contributed by atoms with E-state index in [9.17, 15) is 4.79 Å². The van der Waals surface area contributed by atoms with Gasteiger partial charge in [0, 0.05) is 12.4 Å². The van der Waals surface area contributed by atoms with Gasteiger partial charge in [0.05, 0.1) is 5.69 Å². The predicted molar refractivity (Wildman–Crippen MR) is 99.9 cm³/mol. The van der Waals surface area contributed by atoms with Gasteiger partial charge in [-0.05, 0) is 30.7 Å². The highest BCUT2D eigenvalue weighted by Crippen LogP contribution is 2.28. The Bertz CT molecular complexity index is 1030. The van der Waals surface area contributed by atoms with E-state index in [4.69, 9.17) is 4.42 Å². The Labute approximate surface area is 151 Å². The lowest BCUT2D eigenvalue weighted by molar-refractivity contribution is 0.0929. The molecule has 2 aromatic heterocycles. The Morgan fingerprint density at radius 1 is 1.08 bits per heavy atom. The van der Waals surface area contributed by atoms with Gasteiger partial charge in [-0.25, -0.2) is 0 Å². The Kier molecular flexibility index (Phi) is 4.05. The fraction of sp³-hybridized carbons (Fsp3) is 0.143. The molecule has 0 radical (unpaired) electrons. The number of carbonyl (C=O) groups excluding carboxylic acids is 1. The highest BCUT2D eigenvalue weighted by molar-refractivity contribution is 5.93. The summed E-state index contributed by atoms with van der Waals surface area (Å²) in [5.74, 6) is 0.507. The van der Waals surface area contributed by atoms with Gasteiger partial charge in [-0.2, -0.15) is 5.10 Å². The number of aromatic nitrogens is 2. The summed E-state index contributed by atoms with van der Waals surface area (Å²) in [6, 6.07) is 21.0. The van der Waals surface area contributed by atoms with Crippen molar-refractivity contribution in [2.24, 2.45) is 7.05 Å². The lowest BCUT2D eigenvalue weighted by Gasteiger charge is -2.17. The summed E-state index contributed by atoms with van der Waals surface area (Å²) < 4.78 is 7.61. The summed E-state index contributed by atoms with van der Waals surface area (Å²) in [7, 11) is 1.76. The van der Waals surface area contributed by atoms with Gasteiger partial charge in [0.1, 0.15) is 23.1 Å². The molecule has 1 N–H and O–H groups in total. The van der Waals surface area contributed by atoms with Crippen LogP contribution in [0.4, 0.5) is 0 Å². The van der Waals surface area contributed by atoms with E-state index in [0.29, 0.717) is 11.5 Å². The Morgan fingerprint density at radius 3 is 2.50 bits per heavy atom. The molecule has 5 heteroatoms. The number of aryl methyl sites for hydroxylation is 2. The summed E-state index contributed by atoms with van der Waals surface area (Å²) in [6.45, 7) is 1.87. The summed E-state index contributed by atoms with van der Waals surface area (Å²) in [5.41, 5.74) is 3.07. The van der Waals surface area contributed by atoms with E-state index in [1.54, 1.807) is 17.8 Å². The highest BCUT2D eigenvalue weighted by atomic mass is 16.3. The third-order valence-electron chi connectivity index (χ3n) is 4.37. The van der Waals surface area contributed by atoms with E-state index in [1.807, 2.05) is 67.6 Å². The van der Waals surface area contributed by atoms with Crippen molar-refractivity contribution < 1.29 is 9.21 Å². The van der Waals surface area contributed by atoms with Gasteiger partial charge < -0.3 is 9.73 Å². The molecule has 0 bridgehead atoms. The number of rotatable bonds is 4. The van der Waals surface area contributed by atoms with Gasteiger partial charge in [0.2, 0.25) is 0 Å². The molecule has 0 saturated heterocycles. The van der Waals surface area contributed by atoms with Crippen LogP contribution in [0.3, 0.4) is 0 Å². The van der Waals surface area contributed by atoms with E-state index in [1.165, 1.54) is 0 Å². The van der Waals surface area contributed by atoms with Crippen LogP contribution in [0.2, 0.25) is 0 Å². The molecule has 5 nitrogen and oxygen atoms in total. The van der Waals surface area contributed by atoms with Crippen LogP contribution in [0.15, 0.2) is 71.1 Å². The molecule has 0 aliphatic rings. The lowest BCUT2D eigenvalue weighted by Crippen LogP contribution is -2.30. The average Bonchev–Trinajstić information content (AvgIpc) is 3.22. The number of nitrogens with zero attached hydrogens (tertiary/aromatic N) is 2. The second-order valence-corrected chi connectivity index (χ2v) is 6.30. The van der Waals surface area contributed by atoms with Gasteiger partial charge in [-0.3, -0.25) is 9.48 Å². The van der Waals surface area contributed by atoms with E-state index in [0.717, 1.165) is 22.2 Å². The molecule has 130 valence electrons. The number of amides is 1. The largest absolute Gasteiger partial charge is 0.459 e. The quantitative estimate of drug-likeness (QED) is 0.608. The molecular weight excluding hydrogens is 326 g/mol. The van der Waals surface area contributed by atoms with E-state index >= 15 is 0 Å². The number of carbonyl (C=O) groups is 1. The SMILES string of the molecule is Cc1cc(C(=O)NC(c2ccccc2)c2cc3ccccc3o2)n(C)n1. The molecule has 1 unspecified atom stereocenters. The van der Waals surface area contributed by atoms with Crippen molar-refractivity contribution in [2.45, 2.75) is 13.0 Å². The van der Waals surface area contributed by atoms with Gasteiger partial charge >= 0.3 is 0 Å². The van der Waals surface area contributed by atoms with Crippen LogP contribution < -0.4 is 5.32 Å². The number of furan rings is 1. The van der Waals surface area contributed by atoms with Crippen LogP contribution in [0.5, 0.6) is 0 Å². The number of hydrogen-bond acceptors (Lipinski definition) is 3. The average molecular weight is 345 g/mol. The minimum absolute atomic E-state index is 0.192. The normalized spacial score (nSPS) is 12.2. The van der Waals surface area contributed by atoms with Gasteiger partial charge in [-0.1, -0.05) is 48.5 Å². The molecule has 2 heterocycles. The number of fused-ring (bicyclic) bond motifs is 1. The first-order valence-electron chi connectivity index (χ1n) is 8.47. The maximum absolute atomic E-state index is 12.8. The number of benzene rings is 2. The summed E-state index contributed by atoms with van der Waals surface area (Å²) in [4.78, 5) is 12.8. The second kappa shape index (κ2) is 6.52. The minimum Gasteiger partial charge on any atom is -0.459 e. The fourth-order valence-electron chi connectivity index (χ4n) is 3.14. The summed E-state index contributed by atoms with van der Waals surface area (Å²) in [5, 5.41) is 8.35. The van der Waals surface area contributed by atoms with Crippen LogP contribution in [-0.4, -0.2) is 15.7 Å². The molecule has 0 aliphatic heterocycles. The van der Waals surface area contributed by atoms with E-state index < -0.39 is 0 Å². The standard InChI is InChI=1S/C21H19N3O2/c1-14-12-17(24(2)23-14)21(25)22-20(15-8-4-3-5-9-15)19-13-16-10-6-7-11-18(16)26-19/h3-13,20H,1-2H3,(H,22,25). The van der Waals surface area contributed by atoms with Gasteiger partial charge in [-0.15, -0.1) is 0 Å². The molecule has 26 heavy (non-hydrogen) atoms. The first-order valence-corrected chi connectivity index (χ1v) is 8.47. The van der Waals surface area contributed by atoms with E-state index in [2.05, 4.69) is 10.4 Å². The third kappa shape index (κ3) is 2.99. The molecule has 2 aromatic carbocycles. The van der Waals surface area contributed by atoms with Crippen molar-refractivity contribution >= 4 is 16.9 Å². The van der Waals surface area contributed by atoms with Crippen molar-refractivity contribution in [1.29, 1.82) is 0 Å². The van der Waals surface area contributed by atoms with Crippen LogP contribution in [-0.2, 0) is 7.05 Å². The molecule has 4 rings (SSSR count). The Hall–Kier alpha value is -3.34. The molecule has 0 aliphatic carbocycles. The molecule has 0 fully saturated rings. The first-order chi connectivity index (χ1) is 12.6. The van der Waals surface area contributed by atoms with E-state index in [-0.39, 0.29) is 11.9 Å². The van der Waals surface area contributed by atoms with Crippen LogP contribution in [0, 0.1) is 6.92 Å². The molecule has 1 amide bonds. The van der Waals surface area contributed by atoms with Crippen LogP contribution >= 0.6 is 0 Å². The number of hydrogen-bond donors (Lipinski definition) is 1. The Balaban J connectivity index is 1.74. The van der Waals surface area contributed by atoms with Crippen LogP contribution in [0.1, 0.15) is 33.5 Å². The zero-order valence-corrected chi connectivity index (χ0v) is 14.6. The van der Waals surface area contributed by atoms with Crippen molar-refractivity contribution in [3.8, 4) is 0 Å². The van der Waals surface area contributed by atoms with Crippen molar-refractivity contribution in [2.75, 3.05) is 0 Å². The lowest BCUT2D eigenvalue weighted by atomic mass is 10.0. The molecule has 0 spiro atoms. The van der Waals surface area contributed by atoms with Gasteiger partial charge in [0.25, 0.3) is 5.91 Å². The van der Waals surface area contributed by atoms with Gasteiger partial charge in [0.15, 0.2) is 0 Å². The molecule has 0 saturated carbocycles. The summed E-state index contributed by atoms with van der Waals surface area (Å²) in [6.07, 6.45) is 0.